The molecule has 0 saturated carbocycles. The molecule has 0 heterocycles. The number of rotatable bonds is 4. The number of aliphatic carboxylic acids is 1. The van der Waals surface area contributed by atoms with Gasteiger partial charge in [-0.25, -0.2) is 9.18 Å². The molecule has 0 bridgehead atoms. The summed E-state index contributed by atoms with van der Waals surface area (Å²) in [5.41, 5.74) is -3.70. The number of allylic oxidation sites excluding steroid dienone is 1. The van der Waals surface area contributed by atoms with Gasteiger partial charge in [0.1, 0.15) is 11.3 Å². The highest BCUT2D eigenvalue weighted by atomic mass is 35.5. The van der Waals surface area contributed by atoms with Gasteiger partial charge in [0.15, 0.2) is 5.67 Å². The van der Waals surface area contributed by atoms with Crippen LogP contribution in [0.15, 0.2) is 29.5 Å². The van der Waals surface area contributed by atoms with E-state index in [0.29, 0.717) is 5.02 Å². The van der Waals surface area contributed by atoms with E-state index >= 15 is 0 Å². The Morgan fingerprint density at radius 3 is 2.25 bits per heavy atom. The van der Waals surface area contributed by atoms with Crippen LogP contribution in [0.25, 0.3) is 0 Å². The Hall–Kier alpha value is -1.59. The first-order chi connectivity index (χ1) is 9.05. The highest BCUT2D eigenvalue weighted by Gasteiger charge is 2.32. The Kier molecular flexibility index (Phi) is 4.78. The van der Waals surface area contributed by atoms with Crippen LogP contribution in [0.4, 0.5) is 4.39 Å². The van der Waals surface area contributed by atoms with Crippen LogP contribution in [0.3, 0.4) is 0 Å². The lowest BCUT2D eigenvalue weighted by atomic mass is 9.96. The summed E-state index contributed by atoms with van der Waals surface area (Å²) in [6.07, 6.45) is 0. The van der Waals surface area contributed by atoms with E-state index in [1.54, 1.807) is 0 Å². The second kappa shape index (κ2) is 5.81. The molecular weight excluding hydrogens is 308 g/mol. The number of hydrogen-bond acceptors (Lipinski definition) is 3. The van der Waals surface area contributed by atoms with Crippen LogP contribution in [-0.4, -0.2) is 27.6 Å². The summed E-state index contributed by atoms with van der Waals surface area (Å²) < 4.78 is 13.7. The summed E-state index contributed by atoms with van der Waals surface area (Å²) in [6, 6.07) is 4.06. The van der Waals surface area contributed by atoms with Gasteiger partial charge in [0, 0.05) is 10.6 Å². The molecule has 0 aliphatic carbocycles. The Bertz CT molecular complexity index is 606. The lowest BCUT2D eigenvalue weighted by molar-refractivity contribution is -0.132. The van der Waals surface area contributed by atoms with Gasteiger partial charge in [-0.2, -0.15) is 0 Å². The van der Waals surface area contributed by atoms with Crippen molar-refractivity contribution >= 4 is 34.9 Å². The van der Waals surface area contributed by atoms with Crippen LogP contribution in [0.1, 0.15) is 19.4 Å². The van der Waals surface area contributed by atoms with E-state index in [1.165, 1.54) is 18.2 Å². The molecule has 0 fully saturated rings. The van der Waals surface area contributed by atoms with Gasteiger partial charge < -0.3 is 10.2 Å². The maximum absolute atomic E-state index is 13.7. The van der Waals surface area contributed by atoms with Crippen LogP contribution in [0.2, 0.25) is 10.0 Å². The van der Waals surface area contributed by atoms with Gasteiger partial charge in [-0.3, -0.25) is 5.41 Å². The highest BCUT2D eigenvalue weighted by Crippen LogP contribution is 2.27. The van der Waals surface area contributed by atoms with Crippen molar-refractivity contribution < 1.29 is 19.4 Å². The van der Waals surface area contributed by atoms with E-state index in [-0.39, 0.29) is 10.6 Å². The maximum Gasteiger partial charge on any atom is 0.341 e. The van der Waals surface area contributed by atoms with Gasteiger partial charge in [-0.05, 0) is 32.0 Å². The Morgan fingerprint density at radius 2 is 1.85 bits per heavy atom. The van der Waals surface area contributed by atoms with Crippen molar-refractivity contribution in [1.29, 1.82) is 5.41 Å². The fourth-order valence-corrected chi connectivity index (χ4v) is 1.95. The van der Waals surface area contributed by atoms with Gasteiger partial charge in [0.25, 0.3) is 0 Å². The van der Waals surface area contributed by atoms with Gasteiger partial charge in [-0.1, -0.05) is 23.2 Å². The minimum Gasteiger partial charge on any atom is -0.508 e. The monoisotopic (exact) mass is 319 g/mol. The molecule has 0 aliphatic heterocycles. The molecule has 0 spiro atoms. The number of nitrogens with one attached hydrogen (secondary N) is 1. The molecule has 1 aromatic carbocycles. The van der Waals surface area contributed by atoms with Gasteiger partial charge >= 0.3 is 5.97 Å². The second-order valence-corrected chi connectivity index (χ2v) is 5.34. The zero-order valence-electron chi connectivity index (χ0n) is 10.7. The number of alkyl halides is 1. The SMILES string of the molecule is CC(C)(F)/C(O)=C(/C(=N)c1ccc(Cl)cc1Cl)C(=O)O. The lowest BCUT2D eigenvalue weighted by Crippen LogP contribution is -2.25. The summed E-state index contributed by atoms with van der Waals surface area (Å²) in [7, 11) is 0. The molecule has 0 atom stereocenters. The van der Waals surface area contributed by atoms with Crippen LogP contribution >= 0.6 is 23.2 Å². The number of halogens is 3. The molecule has 1 aromatic rings. The van der Waals surface area contributed by atoms with Crippen molar-refractivity contribution in [3.63, 3.8) is 0 Å². The van der Waals surface area contributed by atoms with E-state index in [2.05, 4.69) is 0 Å². The average molecular weight is 320 g/mol. The van der Waals surface area contributed by atoms with Gasteiger partial charge in [0.05, 0.1) is 10.7 Å². The van der Waals surface area contributed by atoms with Crippen LogP contribution < -0.4 is 0 Å². The van der Waals surface area contributed by atoms with Crippen molar-refractivity contribution in [2.24, 2.45) is 0 Å². The molecule has 4 nitrogen and oxygen atoms in total. The maximum atomic E-state index is 13.7. The number of aliphatic hydroxyl groups is 1. The summed E-state index contributed by atoms with van der Waals surface area (Å²) in [6.45, 7) is 1.98. The molecule has 108 valence electrons. The van der Waals surface area contributed by atoms with Gasteiger partial charge in [-0.15, -0.1) is 0 Å². The Morgan fingerprint density at radius 1 is 1.30 bits per heavy atom. The second-order valence-electron chi connectivity index (χ2n) is 4.50. The average Bonchev–Trinajstić information content (AvgIpc) is 2.26. The summed E-state index contributed by atoms with van der Waals surface area (Å²) >= 11 is 11.6. The third-order valence-corrected chi connectivity index (χ3v) is 3.01. The molecule has 1 rings (SSSR count). The molecule has 7 heteroatoms. The highest BCUT2D eigenvalue weighted by molar-refractivity contribution is 6.39. The number of carboxylic acid groups (broad SMARTS) is 1. The fourth-order valence-electron chi connectivity index (χ4n) is 1.45. The van der Waals surface area contributed by atoms with E-state index in [1.807, 2.05) is 0 Å². The Labute approximate surface area is 125 Å². The molecule has 0 radical (unpaired) electrons. The number of carbonyl (C=O) groups is 1. The Balaban J connectivity index is 3.45. The van der Waals surface area contributed by atoms with Gasteiger partial charge in [0.2, 0.25) is 0 Å². The molecule has 3 N–H and O–H groups in total. The van der Waals surface area contributed by atoms with E-state index in [9.17, 15) is 14.3 Å². The zero-order chi connectivity index (χ0) is 15.7. The number of carboxylic acids is 1. The first-order valence-electron chi connectivity index (χ1n) is 5.46. The van der Waals surface area contributed by atoms with Crippen molar-refractivity contribution in [3.05, 3.63) is 45.1 Å². The minimum atomic E-state index is -2.29. The van der Waals surface area contributed by atoms with E-state index in [0.717, 1.165) is 13.8 Å². The third-order valence-electron chi connectivity index (χ3n) is 2.46. The molecule has 0 saturated heterocycles. The predicted molar refractivity (Wildman–Crippen MR) is 75.8 cm³/mol. The van der Waals surface area contributed by atoms with Crippen LogP contribution in [0.5, 0.6) is 0 Å². The number of aliphatic hydroxyl groups excluding tert-OH is 1. The number of benzene rings is 1. The quantitative estimate of drug-likeness (QED) is 0.445. The molecular formula is C13H12Cl2FNO3. The van der Waals surface area contributed by atoms with E-state index < -0.39 is 28.7 Å². The predicted octanol–water partition coefficient (Wildman–Crippen LogP) is 4.01. The lowest BCUT2D eigenvalue weighted by Gasteiger charge is -2.17. The summed E-state index contributed by atoms with van der Waals surface area (Å²) in [5.74, 6) is -2.66. The van der Waals surface area contributed by atoms with Crippen LogP contribution in [0, 0.1) is 5.41 Å². The van der Waals surface area contributed by atoms with Crippen LogP contribution in [-0.2, 0) is 4.79 Å². The largest absolute Gasteiger partial charge is 0.508 e. The summed E-state index contributed by atoms with van der Waals surface area (Å²) in [4.78, 5) is 11.2. The fraction of sp³-hybridized carbons (Fsp3) is 0.231. The smallest absolute Gasteiger partial charge is 0.341 e. The molecule has 0 aliphatic rings. The first kappa shape index (κ1) is 16.5. The minimum absolute atomic E-state index is 0.0317. The van der Waals surface area contributed by atoms with Crippen molar-refractivity contribution in [3.8, 4) is 0 Å². The van der Waals surface area contributed by atoms with E-state index in [4.69, 9.17) is 33.7 Å². The molecule has 0 unspecified atom stereocenters. The number of hydrogen-bond donors (Lipinski definition) is 3. The third kappa shape index (κ3) is 3.49. The molecule has 0 amide bonds. The zero-order valence-corrected chi connectivity index (χ0v) is 12.2. The van der Waals surface area contributed by atoms with Crippen molar-refractivity contribution in [2.75, 3.05) is 0 Å². The standard InChI is InChI=1S/C13H12Cl2FNO3/c1-13(2,16)11(18)9(12(19)20)10(17)7-4-3-6(14)5-8(7)15/h3-5,17-18H,1-2H3,(H,19,20)/b11-9+,17-10?. The summed E-state index contributed by atoms with van der Waals surface area (Å²) in [5, 5.41) is 27.0. The van der Waals surface area contributed by atoms with Crippen molar-refractivity contribution in [1.82, 2.24) is 0 Å². The van der Waals surface area contributed by atoms with Crippen molar-refractivity contribution in [2.45, 2.75) is 19.5 Å². The molecule has 20 heavy (non-hydrogen) atoms. The molecule has 0 aromatic heterocycles. The normalized spacial score (nSPS) is 12.8. The topological polar surface area (TPSA) is 81.4 Å². The first-order valence-corrected chi connectivity index (χ1v) is 6.21.